The number of anilines is 1. The van der Waals surface area contributed by atoms with E-state index in [2.05, 4.69) is 10.3 Å². The summed E-state index contributed by atoms with van der Waals surface area (Å²) in [5, 5.41) is 2.88. The van der Waals surface area contributed by atoms with Crippen molar-refractivity contribution in [1.29, 1.82) is 0 Å². The van der Waals surface area contributed by atoms with Crippen molar-refractivity contribution in [3.63, 3.8) is 0 Å². The summed E-state index contributed by atoms with van der Waals surface area (Å²) in [6, 6.07) is 20.1. The summed E-state index contributed by atoms with van der Waals surface area (Å²) in [4.78, 5) is 17.3. The number of ether oxygens (including phenoxy) is 2. The fourth-order valence-corrected chi connectivity index (χ4v) is 2.99. The zero-order valence-electron chi connectivity index (χ0n) is 15.4. The van der Waals surface area contributed by atoms with Crippen LogP contribution in [-0.4, -0.2) is 25.1 Å². The highest BCUT2D eigenvalue weighted by Crippen LogP contribution is 2.31. The second kappa shape index (κ2) is 7.44. The van der Waals surface area contributed by atoms with Gasteiger partial charge in [0.25, 0.3) is 5.91 Å². The number of carbonyl (C=O) groups is 1. The molecule has 1 aromatic heterocycles. The third-order valence-corrected chi connectivity index (χ3v) is 4.31. The molecule has 0 bridgehead atoms. The molecular formula is C22H18N2O4. The summed E-state index contributed by atoms with van der Waals surface area (Å²) in [6.07, 6.45) is 0. The van der Waals surface area contributed by atoms with E-state index in [9.17, 15) is 4.79 Å². The molecule has 0 unspecified atom stereocenters. The number of amides is 1. The third-order valence-electron chi connectivity index (χ3n) is 4.31. The molecule has 3 aromatic carbocycles. The second-order valence-corrected chi connectivity index (χ2v) is 6.06. The van der Waals surface area contributed by atoms with Crippen LogP contribution in [0.1, 0.15) is 10.4 Å². The predicted molar refractivity (Wildman–Crippen MR) is 107 cm³/mol. The van der Waals surface area contributed by atoms with E-state index in [1.165, 1.54) is 14.2 Å². The zero-order chi connectivity index (χ0) is 19.5. The number of nitrogens with one attached hydrogen (secondary N) is 1. The lowest BCUT2D eigenvalue weighted by Gasteiger charge is -2.12. The van der Waals surface area contributed by atoms with E-state index in [0.29, 0.717) is 34.2 Å². The minimum Gasteiger partial charge on any atom is -0.493 e. The number of carbonyl (C=O) groups excluding carboxylic acids is 1. The van der Waals surface area contributed by atoms with E-state index >= 15 is 0 Å². The van der Waals surface area contributed by atoms with Crippen LogP contribution in [0.4, 0.5) is 5.69 Å². The molecule has 4 rings (SSSR count). The molecule has 0 aliphatic carbocycles. The Hall–Kier alpha value is -3.80. The molecule has 0 spiro atoms. The normalized spacial score (nSPS) is 10.6. The molecule has 0 saturated carbocycles. The largest absolute Gasteiger partial charge is 0.493 e. The van der Waals surface area contributed by atoms with Crippen molar-refractivity contribution in [2.75, 3.05) is 19.5 Å². The molecule has 0 fully saturated rings. The van der Waals surface area contributed by atoms with Crippen LogP contribution in [0.5, 0.6) is 11.5 Å². The van der Waals surface area contributed by atoms with Crippen LogP contribution in [0.3, 0.4) is 0 Å². The average Bonchev–Trinajstić information content (AvgIpc) is 3.17. The van der Waals surface area contributed by atoms with Crippen molar-refractivity contribution in [2.24, 2.45) is 0 Å². The Kier molecular flexibility index (Phi) is 4.68. The number of oxazole rings is 1. The van der Waals surface area contributed by atoms with Gasteiger partial charge >= 0.3 is 0 Å². The van der Waals surface area contributed by atoms with Crippen LogP contribution in [0.25, 0.3) is 22.6 Å². The number of fused-ring (bicyclic) bond motifs is 1. The molecule has 140 valence electrons. The number of methoxy groups -OCH3 is 2. The van der Waals surface area contributed by atoms with Gasteiger partial charge in [0, 0.05) is 11.3 Å². The smallest absolute Gasteiger partial charge is 0.259 e. The van der Waals surface area contributed by atoms with Gasteiger partial charge in [0.05, 0.1) is 19.8 Å². The Morgan fingerprint density at radius 1 is 0.964 bits per heavy atom. The fourth-order valence-electron chi connectivity index (χ4n) is 2.99. The average molecular weight is 374 g/mol. The van der Waals surface area contributed by atoms with E-state index in [-0.39, 0.29) is 5.91 Å². The maximum Gasteiger partial charge on any atom is 0.259 e. The Balaban J connectivity index is 1.63. The molecule has 0 atom stereocenters. The molecule has 0 radical (unpaired) electrons. The first-order valence-electron chi connectivity index (χ1n) is 8.68. The first-order valence-corrected chi connectivity index (χ1v) is 8.68. The number of nitrogens with zero attached hydrogens (tertiary/aromatic N) is 1. The second-order valence-electron chi connectivity index (χ2n) is 6.06. The molecule has 6 heteroatoms. The Labute approximate surface area is 161 Å². The maximum absolute atomic E-state index is 12.8. The predicted octanol–water partition coefficient (Wildman–Crippen LogP) is 4.76. The zero-order valence-corrected chi connectivity index (χ0v) is 15.4. The Bertz CT molecular complexity index is 1120. The highest BCUT2D eigenvalue weighted by atomic mass is 16.5. The number of hydrogen-bond donors (Lipinski definition) is 1. The third kappa shape index (κ3) is 3.27. The van der Waals surface area contributed by atoms with Gasteiger partial charge < -0.3 is 19.2 Å². The van der Waals surface area contributed by atoms with Crippen molar-refractivity contribution in [2.45, 2.75) is 0 Å². The van der Waals surface area contributed by atoms with Gasteiger partial charge in [-0.25, -0.2) is 4.98 Å². The molecule has 1 amide bonds. The van der Waals surface area contributed by atoms with Crippen molar-refractivity contribution in [3.05, 3.63) is 72.3 Å². The molecule has 6 nitrogen and oxygen atoms in total. The van der Waals surface area contributed by atoms with Crippen LogP contribution >= 0.6 is 0 Å². The summed E-state index contributed by atoms with van der Waals surface area (Å²) in [5.74, 6) is 1.08. The summed E-state index contributed by atoms with van der Waals surface area (Å²) in [5.41, 5.74) is 3.27. The Morgan fingerprint density at radius 3 is 2.57 bits per heavy atom. The first kappa shape index (κ1) is 17.6. The van der Waals surface area contributed by atoms with Gasteiger partial charge in [0.1, 0.15) is 5.52 Å². The van der Waals surface area contributed by atoms with Crippen LogP contribution < -0.4 is 14.8 Å². The van der Waals surface area contributed by atoms with Crippen molar-refractivity contribution in [1.82, 2.24) is 4.98 Å². The molecular weight excluding hydrogens is 356 g/mol. The van der Waals surface area contributed by atoms with Gasteiger partial charge in [-0.05, 0) is 42.5 Å². The van der Waals surface area contributed by atoms with E-state index in [1.807, 2.05) is 42.5 Å². The number of aromatic nitrogens is 1. The number of hydrogen-bond acceptors (Lipinski definition) is 5. The van der Waals surface area contributed by atoms with E-state index in [0.717, 1.165) is 11.1 Å². The molecule has 0 aliphatic heterocycles. The minimum atomic E-state index is -0.300. The summed E-state index contributed by atoms with van der Waals surface area (Å²) in [7, 11) is 3.03. The topological polar surface area (TPSA) is 73.6 Å². The Morgan fingerprint density at radius 2 is 1.79 bits per heavy atom. The van der Waals surface area contributed by atoms with Gasteiger partial charge in [-0.2, -0.15) is 0 Å². The van der Waals surface area contributed by atoms with Crippen LogP contribution in [0.15, 0.2) is 71.1 Å². The lowest BCUT2D eigenvalue weighted by molar-refractivity contribution is 0.102. The molecule has 1 heterocycles. The maximum atomic E-state index is 12.8. The molecule has 0 aliphatic rings. The van der Waals surface area contributed by atoms with Gasteiger partial charge in [0.2, 0.25) is 5.89 Å². The highest BCUT2D eigenvalue weighted by molar-refractivity contribution is 6.07. The van der Waals surface area contributed by atoms with Crippen molar-refractivity contribution in [3.8, 4) is 23.0 Å². The number of para-hydroxylation sites is 3. The molecule has 4 aromatic rings. The van der Waals surface area contributed by atoms with Crippen LogP contribution in [0, 0.1) is 0 Å². The van der Waals surface area contributed by atoms with Crippen LogP contribution in [-0.2, 0) is 0 Å². The summed E-state index contributed by atoms with van der Waals surface area (Å²) < 4.78 is 16.4. The number of benzene rings is 3. The number of rotatable bonds is 5. The lowest BCUT2D eigenvalue weighted by Crippen LogP contribution is -2.13. The quantitative estimate of drug-likeness (QED) is 0.545. The standard InChI is InChI=1S/C22H18N2O4/c1-26-19-12-6-9-16(20(19)27-2)21(25)23-15-8-5-7-14(13-15)22-24-17-10-3-4-11-18(17)28-22/h3-13H,1-2H3,(H,23,25). The van der Waals surface area contributed by atoms with Gasteiger partial charge in [-0.3, -0.25) is 4.79 Å². The monoisotopic (exact) mass is 374 g/mol. The first-order chi connectivity index (χ1) is 13.7. The van der Waals surface area contributed by atoms with E-state index < -0.39 is 0 Å². The summed E-state index contributed by atoms with van der Waals surface area (Å²) >= 11 is 0. The van der Waals surface area contributed by atoms with Crippen molar-refractivity contribution < 1.29 is 18.7 Å². The highest BCUT2D eigenvalue weighted by Gasteiger charge is 2.17. The fraction of sp³-hybridized carbons (Fsp3) is 0.0909. The molecule has 0 saturated heterocycles. The van der Waals surface area contributed by atoms with Gasteiger partial charge in [-0.15, -0.1) is 0 Å². The molecule has 1 N–H and O–H groups in total. The SMILES string of the molecule is COc1cccc(C(=O)Nc2cccc(-c3nc4ccccc4o3)c2)c1OC. The molecule has 28 heavy (non-hydrogen) atoms. The summed E-state index contributed by atoms with van der Waals surface area (Å²) in [6.45, 7) is 0. The lowest BCUT2D eigenvalue weighted by atomic mass is 10.1. The van der Waals surface area contributed by atoms with Gasteiger partial charge in [-0.1, -0.05) is 24.3 Å². The van der Waals surface area contributed by atoms with Gasteiger partial charge in [0.15, 0.2) is 17.1 Å². The van der Waals surface area contributed by atoms with Crippen molar-refractivity contribution >= 4 is 22.7 Å². The van der Waals surface area contributed by atoms with E-state index in [4.69, 9.17) is 13.9 Å². The van der Waals surface area contributed by atoms with Crippen LogP contribution in [0.2, 0.25) is 0 Å². The minimum absolute atomic E-state index is 0.300. The van der Waals surface area contributed by atoms with E-state index in [1.54, 1.807) is 24.3 Å².